The fourth-order valence-corrected chi connectivity index (χ4v) is 2.25. The molecule has 1 aliphatic carbocycles. The zero-order valence-electron chi connectivity index (χ0n) is 9.29. The molecule has 1 fully saturated rings. The summed E-state index contributed by atoms with van der Waals surface area (Å²) < 4.78 is 0. The van der Waals surface area contributed by atoms with E-state index in [4.69, 9.17) is 5.73 Å². The van der Waals surface area contributed by atoms with E-state index in [1.165, 1.54) is 31.2 Å². The van der Waals surface area contributed by atoms with E-state index in [1.807, 2.05) is 19.2 Å². The molecule has 1 aromatic rings. The number of aryl methyl sites for hydroxylation is 1. The van der Waals surface area contributed by atoms with E-state index in [0.717, 1.165) is 5.82 Å². The Balaban J connectivity index is 2.09. The fourth-order valence-electron chi connectivity index (χ4n) is 2.25. The molecule has 1 aromatic heterocycles. The fraction of sp³-hybridized carbons (Fsp3) is 0.583. The van der Waals surface area contributed by atoms with Crippen molar-refractivity contribution in [1.29, 1.82) is 0 Å². The second-order valence-electron chi connectivity index (χ2n) is 4.54. The SMILES string of the molecule is Cc1ccc(NC2(CN)CCCC2)nc1. The van der Waals surface area contributed by atoms with Gasteiger partial charge in [0.25, 0.3) is 0 Å². The van der Waals surface area contributed by atoms with Crippen LogP contribution < -0.4 is 11.1 Å². The maximum Gasteiger partial charge on any atom is 0.126 e. The van der Waals surface area contributed by atoms with E-state index in [1.54, 1.807) is 0 Å². The van der Waals surface area contributed by atoms with Crippen LogP contribution in [-0.4, -0.2) is 17.1 Å². The van der Waals surface area contributed by atoms with Gasteiger partial charge in [-0.2, -0.15) is 0 Å². The summed E-state index contributed by atoms with van der Waals surface area (Å²) in [7, 11) is 0. The third-order valence-electron chi connectivity index (χ3n) is 3.26. The molecule has 3 N–H and O–H groups in total. The molecule has 1 saturated carbocycles. The first-order valence-corrected chi connectivity index (χ1v) is 5.65. The van der Waals surface area contributed by atoms with Gasteiger partial charge >= 0.3 is 0 Å². The number of nitrogens with one attached hydrogen (secondary N) is 1. The van der Waals surface area contributed by atoms with Gasteiger partial charge in [-0.1, -0.05) is 18.9 Å². The summed E-state index contributed by atoms with van der Waals surface area (Å²) in [4.78, 5) is 4.37. The molecule has 0 aliphatic heterocycles. The highest BCUT2D eigenvalue weighted by molar-refractivity contribution is 5.39. The topological polar surface area (TPSA) is 50.9 Å². The van der Waals surface area contributed by atoms with Crippen LogP contribution in [-0.2, 0) is 0 Å². The van der Waals surface area contributed by atoms with Crippen molar-refractivity contribution in [2.24, 2.45) is 5.73 Å². The van der Waals surface area contributed by atoms with Gasteiger partial charge in [-0.15, -0.1) is 0 Å². The van der Waals surface area contributed by atoms with Crippen molar-refractivity contribution in [1.82, 2.24) is 4.98 Å². The lowest BCUT2D eigenvalue weighted by molar-refractivity contribution is 0.491. The van der Waals surface area contributed by atoms with Crippen LogP contribution in [0.5, 0.6) is 0 Å². The maximum absolute atomic E-state index is 5.86. The number of nitrogens with two attached hydrogens (primary N) is 1. The molecule has 0 amide bonds. The maximum atomic E-state index is 5.86. The van der Waals surface area contributed by atoms with Crippen LogP contribution in [0.25, 0.3) is 0 Å². The number of pyridine rings is 1. The van der Waals surface area contributed by atoms with E-state index in [0.29, 0.717) is 6.54 Å². The molecule has 0 radical (unpaired) electrons. The summed E-state index contributed by atoms with van der Waals surface area (Å²) in [6.07, 6.45) is 6.77. The Bertz CT molecular complexity index is 312. The molecule has 0 aromatic carbocycles. The van der Waals surface area contributed by atoms with Gasteiger partial charge in [0.2, 0.25) is 0 Å². The Morgan fingerprint density at radius 1 is 1.40 bits per heavy atom. The molecule has 3 nitrogen and oxygen atoms in total. The normalized spacial score (nSPS) is 19.1. The first kappa shape index (κ1) is 10.4. The minimum Gasteiger partial charge on any atom is -0.363 e. The Labute approximate surface area is 91.1 Å². The molecule has 0 unspecified atom stereocenters. The Hall–Kier alpha value is -1.09. The van der Waals surface area contributed by atoms with Gasteiger partial charge in [-0.3, -0.25) is 0 Å². The van der Waals surface area contributed by atoms with Crippen molar-refractivity contribution >= 4 is 5.82 Å². The standard InChI is InChI=1S/C12H19N3/c1-10-4-5-11(14-8-10)15-12(9-13)6-2-3-7-12/h4-5,8H,2-3,6-7,9,13H2,1H3,(H,14,15). The average molecular weight is 205 g/mol. The van der Waals surface area contributed by atoms with Crippen molar-refractivity contribution in [3.8, 4) is 0 Å². The first-order valence-electron chi connectivity index (χ1n) is 5.65. The molecular formula is C12H19N3. The van der Waals surface area contributed by atoms with Crippen molar-refractivity contribution < 1.29 is 0 Å². The van der Waals surface area contributed by atoms with E-state index < -0.39 is 0 Å². The highest BCUT2D eigenvalue weighted by atomic mass is 15.1. The quantitative estimate of drug-likeness (QED) is 0.794. The molecule has 0 atom stereocenters. The van der Waals surface area contributed by atoms with E-state index >= 15 is 0 Å². The summed E-state index contributed by atoms with van der Waals surface area (Å²) in [5.41, 5.74) is 7.14. The minimum atomic E-state index is 0.0995. The first-order chi connectivity index (χ1) is 7.24. The predicted molar refractivity (Wildman–Crippen MR) is 62.9 cm³/mol. The lowest BCUT2D eigenvalue weighted by atomic mass is 9.98. The van der Waals surface area contributed by atoms with Gasteiger partial charge in [0, 0.05) is 12.7 Å². The summed E-state index contributed by atoms with van der Waals surface area (Å²) in [5, 5.41) is 3.50. The third-order valence-corrected chi connectivity index (χ3v) is 3.26. The lowest BCUT2D eigenvalue weighted by Crippen LogP contribution is -2.43. The average Bonchev–Trinajstić information content (AvgIpc) is 2.71. The van der Waals surface area contributed by atoms with Gasteiger partial charge < -0.3 is 11.1 Å². The number of nitrogens with zero attached hydrogens (tertiary/aromatic N) is 1. The van der Waals surface area contributed by atoms with Gasteiger partial charge in [-0.05, 0) is 31.4 Å². The van der Waals surface area contributed by atoms with Crippen molar-refractivity contribution in [2.75, 3.05) is 11.9 Å². The predicted octanol–water partition coefficient (Wildman–Crippen LogP) is 2.07. The van der Waals surface area contributed by atoms with E-state index in [9.17, 15) is 0 Å². The van der Waals surface area contributed by atoms with Crippen LogP contribution in [0.2, 0.25) is 0 Å². The van der Waals surface area contributed by atoms with Crippen LogP contribution in [0.1, 0.15) is 31.2 Å². The van der Waals surface area contributed by atoms with Crippen LogP contribution >= 0.6 is 0 Å². The smallest absolute Gasteiger partial charge is 0.126 e. The Kier molecular flexibility index (Phi) is 2.91. The van der Waals surface area contributed by atoms with Crippen molar-refractivity contribution in [3.63, 3.8) is 0 Å². The number of hydrogen-bond donors (Lipinski definition) is 2. The van der Waals surface area contributed by atoms with E-state index in [2.05, 4.69) is 16.4 Å². The molecule has 1 aliphatic rings. The van der Waals surface area contributed by atoms with Crippen LogP contribution in [0.4, 0.5) is 5.82 Å². The van der Waals surface area contributed by atoms with Gasteiger partial charge in [0.15, 0.2) is 0 Å². The highest BCUT2D eigenvalue weighted by Crippen LogP contribution is 2.31. The molecule has 0 bridgehead atoms. The van der Waals surface area contributed by atoms with Crippen LogP contribution in [0.3, 0.4) is 0 Å². The molecule has 3 heteroatoms. The summed E-state index contributed by atoms with van der Waals surface area (Å²) in [6, 6.07) is 4.11. The van der Waals surface area contributed by atoms with Crippen LogP contribution in [0, 0.1) is 6.92 Å². The molecule has 2 rings (SSSR count). The molecular weight excluding hydrogens is 186 g/mol. The summed E-state index contributed by atoms with van der Waals surface area (Å²) in [6.45, 7) is 2.74. The van der Waals surface area contributed by atoms with Gasteiger partial charge in [0.05, 0.1) is 5.54 Å². The molecule has 1 heterocycles. The third kappa shape index (κ3) is 2.29. The highest BCUT2D eigenvalue weighted by Gasteiger charge is 2.32. The molecule has 0 saturated heterocycles. The summed E-state index contributed by atoms with van der Waals surface area (Å²) in [5.74, 6) is 0.952. The minimum absolute atomic E-state index is 0.0995. The van der Waals surface area contributed by atoms with Gasteiger partial charge in [0.1, 0.15) is 5.82 Å². The molecule has 15 heavy (non-hydrogen) atoms. The van der Waals surface area contributed by atoms with E-state index in [-0.39, 0.29) is 5.54 Å². The summed E-state index contributed by atoms with van der Waals surface area (Å²) >= 11 is 0. The van der Waals surface area contributed by atoms with Gasteiger partial charge in [-0.25, -0.2) is 4.98 Å². The lowest BCUT2D eigenvalue weighted by Gasteiger charge is -2.29. The Morgan fingerprint density at radius 3 is 2.67 bits per heavy atom. The second-order valence-corrected chi connectivity index (χ2v) is 4.54. The number of hydrogen-bond acceptors (Lipinski definition) is 3. The monoisotopic (exact) mass is 205 g/mol. The number of anilines is 1. The zero-order chi connectivity index (χ0) is 10.7. The number of aromatic nitrogens is 1. The Morgan fingerprint density at radius 2 is 2.13 bits per heavy atom. The van der Waals surface area contributed by atoms with Crippen molar-refractivity contribution in [2.45, 2.75) is 38.1 Å². The largest absolute Gasteiger partial charge is 0.363 e. The van der Waals surface area contributed by atoms with Crippen molar-refractivity contribution in [3.05, 3.63) is 23.9 Å². The second kappa shape index (κ2) is 4.19. The zero-order valence-corrected chi connectivity index (χ0v) is 9.29. The number of rotatable bonds is 3. The molecule has 82 valence electrons. The van der Waals surface area contributed by atoms with Crippen LogP contribution in [0.15, 0.2) is 18.3 Å². The molecule has 0 spiro atoms.